The van der Waals surface area contributed by atoms with Gasteiger partial charge >= 0.3 is 5.97 Å². The minimum absolute atomic E-state index is 0.123. The number of esters is 1. The van der Waals surface area contributed by atoms with E-state index in [1.54, 1.807) is 25.1 Å². The predicted molar refractivity (Wildman–Crippen MR) is 95.8 cm³/mol. The monoisotopic (exact) mass is 367 g/mol. The van der Waals surface area contributed by atoms with Crippen LogP contribution in [0.4, 0.5) is 5.69 Å². The lowest BCUT2D eigenvalue weighted by Gasteiger charge is -2.09. The zero-order valence-corrected chi connectivity index (χ0v) is 15.2. The second-order valence-electron chi connectivity index (χ2n) is 5.13. The predicted octanol–water partition coefficient (Wildman–Crippen LogP) is 4.21. The number of carbonyl (C=O) groups excluding carboxylic acids is 2. The van der Waals surface area contributed by atoms with Gasteiger partial charge in [0.05, 0.1) is 18.6 Å². The molecule has 2 rings (SSSR count). The maximum atomic E-state index is 12.0. The van der Waals surface area contributed by atoms with Crippen molar-refractivity contribution < 1.29 is 18.7 Å². The molecule has 0 aliphatic heterocycles. The maximum absolute atomic E-state index is 12.0. The molecule has 2 aromatic rings. The van der Waals surface area contributed by atoms with Crippen LogP contribution in [0.3, 0.4) is 0 Å². The first-order valence-corrected chi connectivity index (χ1v) is 8.76. The van der Waals surface area contributed by atoms with Gasteiger partial charge in [0.25, 0.3) is 0 Å². The Kier molecular flexibility index (Phi) is 6.34. The maximum Gasteiger partial charge on any atom is 0.341 e. The summed E-state index contributed by atoms with van der Waals surface area (Å²) >= 11 is 7.42. The summed E-state index contributed by atoms with van der Waals surface area (Å²) in [6, 6.07) is 7.02. The highest BCUT2D eigenvalue weighted by atomic mass is 35.5. The summed E-state index contributed by atoms with van der Waals surface area (Å²) in [6.07, 6.45) is 0. The van der Waals surface area contributed by atoms with Crippen LogP contribution in [-0.2, 0) is 15.3 Å². The Morgan fingerprint density at radius 2 is 2.08 bits per heavy atom. The normalized spacial score (nSPS) is 10.5. The topological polar surface area (TPSA) is 68.5 Å². The molecular formula is C17H18ClNO4S. The number of halogens is 1. The number of carbonyl (C=O) groups is 2. The quantitative estimate of drug-likeness (QED) is 0.774. The number of hydrogen-bond donors (Lipinski definition) is 1. The van der Waals surface area contributed by atoms with Gasteiger partial charge in [-0.15, -0.1) is 11.8 Å². The van der Waals surface area contributed by atoms with E-state index in [4.69, 9.17) is 16.0 Å². The van der Waals surface area contributed by atoms with Crippen LogP contribution in [0.2, 0.25) is 5.02 Å². The van der Waals surface area contributed by atoms with E-state index >= 15 is 0 Å². The first kappa shape index (κ1) is 18.4. The number of furan rings is 1. The SMILES string of the molecule is COC(=O)c1cc(CSCC(=O)Nc2cccc(Cl)c2C)oc1C. The second kappa shape index (κ2) is 8.26. The van der Waals surface area contributed by atoms with E-state index in [0.29, 0.717) is 33.5 Å². The number of thioether (sulfide) groups is 1. The number of amides is 1. The summed E-state index contributed by atoms with van der Waals surface area (Å²) in [6.45, 7) is 3.56. The minimum Gasteiger partial charge on any atom is -0.465 e. The van der Waals surface area contributed by atoms with Crippen molar-refractivity contribution in [3.05, 3.63) is 51.9 Å². The molecule has 1 aromatic carbocycles. The highest BCUT2D eigenvalue weighted by Gasteiger charge is 2.15. The Morgan fingerprint density at radius 1 is 1.33 bits per heavy atom. The van der Waals surface area contributed by atoms with E-state index in [1.165, 1.54) is 18.9 Å². The van der Waals surface area contributed by atoms with Crippen LogP contribution in [0.5, 0.6) is 0 Å². The van der Waals surface area contributed by atoms with Gasteiger partial charge in [-0.05, 0) is 37.6 Å². The van der Waals surface area contributed by atoms with Gasteiger partial charge < -0.3 is 14.5 Å². The molecule has 0 saturated carbocycles. The number of benzene rings is 1. The fourth-order valence-electron chi connectivity index (χ4n) is 2.10. The van der Waals surface area contributed by atoms with Crippen LogP contribution >= 0.6 is 23.4 Å². The van der Waals surface area contributed by atoms with Crippen LogP contribution in [0, 0.1) is 13.8 Å². The third-order valence-electron chi connectivity index (χ3n) is 3.39. The van der Waals surface area contributed by atoms with E-state index in [9.17, 15) is 9.59 Å². The van der Waals surface area contributed by atoms with Gasteiger partial charge in [-0.2, -0.15) is 0 Å². The highest BCUT2D eigenvalue weighted by molar-refractivity contribution is 7.99. The minimum atomic E-state index is -0.429. The molecule has 0 atom stereocenters. The van der Waals surface area contributed by atoms with E-state index in [-0.39, 0.29) is 11.7 Å². The molecule has 0 bridgehead atoms. The third-order valence-corrected chi connectivity index (χ3v) is 4.76. The second-order valence-corrected chi connectivity index (χ2v) is 6.52. The lowest BCUT2D eigenvalue weighted by Crippen LogP contribution is -2.15. The summed E-state index contributed by atoms with van der Waals surface area (Å²) in [5.41, 5.74) is 1.95. The fraction of sp³-hybridized carbons (Fsp3) is 0.294. The van der Waals surface area contributed by atoms with Crippen molar-refractivity contribution in [1.82, 2.24) is 0 Å². The average molecular weight is 368 g/mol. The van der Waals surface area contributed by atoms with Crippen LogP contribution in [-0.4, -0.2) is 24.7 Å². The van der Waals surface area contributed by atoms with Gasteiger partial charge in [-0.3, -0.25) is 4.79 Å². The molecule has 1 heterocycles. The summed E-state index contributed by atoms with van der Waals surface area (Å²) in [5, 5.41) is 3.45. The van der Waals surface area contributed by atoms with Gasteiger partial charge in [0, 0.05) is 10.7 Å². The van der Waals surface area contributed by atoms with Crippen molar-refractivity contribution in [2.24, 2.45) is 0 Å². The molecule has 0 aliphatic carbocycles. The van der Waals surface area contributed by atoms with Crippen molar-refractivity contribution in [3.8, 4) is 0 Å². The van der Waals surface area contributed by atoms with Gasteiger partial charge in [0.2, 0.25) is 5.91 Å². The lowest BCUT2D eigenvalue weighted by molar-refractivity contribution is -0.113. The Balaban J connectivity index is 1.87. The van der Waals surface area contributed by atoms with Crippen molar-refractivity contribution >= 4 is 40.9 Å². The average Bonchev–Trinajstić information content (AvgIpc) is 2.92. The van der Waals surface area contributed by atoms with Crippen LogP contribution in [0.25, 0.3) is 0 Å². The largest absolute Gasteiger partial charge is 0.465 e. The van der Waals surface area contributed by atoms with Crippen molar-refractivity contribution in [2.75, 3.05) is 18.2 Å². The number of nitrogens with one attached hydrogen (secondary N) is 1. The number of hydrogen-bond acceptors (Lipinski definition) is 5. The molecule has 0 unspecified atom stereocenters. The highest BCUT2D eigenvalue weighted by Crippen LogP contribution is 2.24. The Bertz CT molecular complexity index is 757. The van der Waals surface area contributed by atoms with Crippen LogP contribution < -0.4 is 5.32 Å². The van der Waals surface area contributed by atoms with E-state index in [0.717, 1.165) is 5.56 Å². The Morgan fingerprint density at radius 3 is 2.79 bits per heavy atom. The molecule has 0 fully saturated rings. The van der Waals surface area contributed by atoms with Gasteiger partial charge in [-0.1, -0.05) is 17.7 Å². The molecule has 0 radical (unpaired) electrons. The number of aryl methyl sites for hydroxylation is 1. The van der Waals surface area contributed by atoms with Crippen molar-refractivity contribution in [1.29, 1.82) is 0 Å². The standard InChI is InChI=1S/C17H18ClNO4S/c1-10-14(18)5-4-6-15(10)19-16(20)9-24-8-12-7-13(11(2)23-12)17(21)22-3/h4-7H,8-9H2,1-3H3,(H,19,20). The molecule has 0 spiro atoms. The van der Waals surface area contributed by atoms with Gasteiger partial charge in [-0.25, -0.2) is 4.79 Å². The summed E-state index contributed by atoms with van der Waals surface area (Å²) in [7, 11) is 1.32. The van der Waals surface area contributed by atoms with E-state index in [1.807, 2.05) is 13.0 Å². The van der Waals surface area contributed by atoms with Gasteiger partial charge in [0.1, 0.15) is 17.1 Å². The third kappa shape index (κ3) is 4.55. The summed E-state index contributed by atoms with van der Waals surface area (Å²) in [4.78, 5) is 23.5. The molecule has 0 aliphatic rings. The molecule has 24 heavy (non-hydrogen) atoms. The molecule has 5 nitrogen and oxygen atoms in total. The van der Waals surface area contributed by atoms with Crippen LogP contribution in [0.15, 0.2) is 28.7 Å². The summed E-state index contributed by atoms with van der Waals surface area (Å²) in [5.74, 6) is 1.34. The van der Waals surface area contributed by atoms with E-state index in [2.05, 4.69) is 10.1 Å². The molecule has 1 amide bonds. The molecular weight excluding hydrogens is 350 g/mol. The zero-order valence-electron chi connectivity index (χ0n) is 13.6. The number of ether oxygens (including phenoxy) is 1. The first-order valence-electron chi connectivity index (χ1n) is 7.22. The molecule has 1 N–H and O–H groups in total. The fourth-order valence-corrected chi connectivity index (χ4v) is 2.98. The number of rotatable bonds is 6. The molecule has 7 heteroatoms. The molecule has 128 valence electrons. The Labute approximate surface area is 149 Å². The zero-order chi connectivity index (χ0) is 17.7. The molecule has 1 aromatic heterocycles. The van der Waals surface area contributed by atoms with Gasteiger partial charge in [0.15, 0.2) is 0 Å². The summed E-state index contributed by atoms with van der Waals surface area (Å²) < 4.78 is 10.2. The van der Waals surface area contributed by atoms with Crippen molar-refractivity contribution in [3.63, 3.8) is 0 Å². The molecule has 0 saturated heterocycles. The van der Waals surface area contributed by atoms with Crippen LogP contribution in [0.1, 0.15) is 27.4 Å². The Hall–Kier alpha value is -1.92. The lowest BCUT2D eigenvalue weighted by atomic mass is 10.2. The smallest absolute Gasteiger partial charge is 0.341 e. The number of anilines is 1. The van der Waals surface area contributed by atoms with E-state index < -0.39 is 5.97 Å². The number of methoxy groups -OCH3 is 1. The first-order chi connectivity index (χ1) is 11.4. The van der Waals surface area contributed by atoms with Crippen molar-refractivity contribution in [2.45, 2.75) is 19.6 Å².